The number of hydrogen-bond donors (Lipinski definition) is 1. The van der Waals surface area contributed by atoms with Gasteiger partial charge in [0.25, 0.3) is 0 Å². The van der Waals surface area contributed by atoms with Crippen LogP contribution >= 0.6 is 0 Å². The molecule has 154 valence electrons. The molecule has 5 nitrogen and oxygen atoms in total. The van der Waals surface area contributed by atoms with Crippen molar-refractivity contribution in [2.24, 2.45) is 0 Å². The molecule has 0 fully saturated rings. The zero-order valence-corrected chi connectivity index (χ0v) is 16.8. The number of aliphatic hydroxyl groups excluding tert-OH is 1. The Kier molecular flexibility index (Phi) is 7.64. The molecule has 0 aliphatic carbocycles. The van der Waals surface area contributed by atoms with Crippen LogP contribution in [0.4, 0.5) is 0 Å². The topological polar surface area (TPSA) is 65.0 Å². The van der Waals surface area contributed by atoms with Crippen LogP contribution in [0.25, 0.3) is 6.08 Å². The van der Waals surface area contributed by atoms with Crippen LogP contribution in [0.3, 0.4) is 0 Å². The summed E-state index contributed by atoms with van der Waals surface area (Å²) in [4.78, 5) is 11.5. The third-order valence-corrected chi connectivity index (χ3v) is 4.40. The number of rotatable bonds is 9. The summed E-state index contributed by atoms with van der Waals surface area (Å²) < 4.78 is 16.2. The molecule has 0 aliphatic heterocycles. The second-order valence-electron chi connectivity index (χ2n) is 6.61. The van der Waals surface area contributed by atoms with Crippen LogP contribution in [0.5, 0.6) is 11.5 Å². The molecule has 3 aromatic rings. The molecule has 0 aliphatic rings. The van der Waals surface area contributed by atoms with Gasteiger partial charge in [-0.1, -0.05) is 48.5 Å². The van der Waals surface area contributed by atoms with Gasteiger partial charge in [0.15, 0.2) is 0 Å². The molecule has 0 spiro atoms. The van der Waals surface area contributed by atoms with Crippen molar-refractivity contribution >= 4 is 12.0 Å². The number of methoxy groups -OCH3 is 1. The first-order chi connectivity index (χ1) is 14.7. The van der Waals surface area contributed by atoms with Crippen LogP contribution in [0.15, 0.2) is 84.4 Å². The van der Waals surface area contributed by atoms with Gasteiger partial charge in [-0.25, -0.2) is 4.79 Å². The molecular weight excluding hydrogens is 380 g/mol. The predicted octanol–water partition coefficient (Wildman–Crippen LogP) is 4.51. The molecule has 0 saturated carbocycles. The van der Waals surface area contributed by atoms with Gasteiger partial charge in [0.2, 0.25) is 0 Å². The normalized spacial score (nSPS) is 11.1. The zero-order valence-electron chi connectivity index (χ0n) is 16.8. The Morgan fingerprint density at radius 2 is 1.50 bits per heavy atom. The number of benzene rings is 3. The van der Waals surface area contributed by atoms with Gasteiger partial charge in [-0.3, -0.25) is 0 Å². The van der Waals surface area contributed by atoms with E-state index in [4.69, 9.17) is 9.47 Å². The summed E-state index contributed by atoms with van der Waals surface area (Å²) in [5, 5.41) is 9.63. The van der Waals surface area contributed by atoms with E-state index in [2.05, 4.69) is 4.74 Å². The first kappa shape index (κ1) is 21.1. The fraction of sp³-hybridized carbons (Fsp3) is 0.160. The fourth-order valence-corrected chi connectivity index (χ4v) is 2.75. The van der Waals surface area contributed by atoms with E-state index in [0.29, 0.717) is 23.5 Å². The number of carbonyl (C=O) groups excluding carboxylic acids is 1. The molecule has 0 saturated heterocycles. The second kappa shape index (κ2) is 10.8. The van der Waals surface area contributed by atoms with Gasteiger partial charge in [-0.05, 0) is 53.1 Å². The monoisotopic (exact) mass is 404 g/mol. The Morgan fingerprint density at radius 1 is 0.867 bits per heavy atom. The molecule has 3 rings (SSSR count). The smallest absolute Gasteiger partial charge is 0.337 e. The summed E-state index contributed by atoms with van der Waals surface area (Å²) >= 11 is 0. The lowest BCUT2D eigenvalue weighted by Gasteiger charge is -2.10. The predicted molar refractivity (Wildman–Crippen MR) is 116 cm³/mol. The first-order valence-corrected chi connectivity index (χ1v) is 9.56. The van der Waals surface area contributed by atoms with Crippen molar-refractivity contribution in [3.63, 3.8) is 0 Å². The van der Waals surface area contributed by atoms with Crippen LogP contribution in [-0.4, -0.2) is 31.4 Å². The number of hydrogen-bond acceptors (Lipinski definition) is 5. The largest absolute Gasteiger partial charge is 0.489 e. The Labute approximate surface area is 176 Å². The summed E-state index contributed by atoms with van der Waals surface area (Å²) in [7, 11) is 1.35. The maximum atomic E-state index is 11.5. The lowest BCUT2D eigenvalue weighted by molar-refractivity contribution is 0.0600. The SMILES string of the molecule is COC(=O)c1ccc(/C=C(\CO)COc2ccc(OCc3ccccc3)cc2)cc1. The molecule has 1 N–H and O–H groups in total. The van der Waals surface area contributed by atoms with E-state index in [0.717, 1.165) is 16.9 Å². The average molecular weight is 404 g/mol. The van der Waals surface area contributed by atoms with Crippen LogP contribution in [0.1, 0.15) is 21.5 Å². The van der Waals surface area contributed by atoms with Crippen LogP contribution in [0, 0.1) is 0 Å². The third-order valence-electron chi connectivity index (χ3n) is 4.40. The van der Waals surface area contributed by atoms with Gasteiger partial charge < -0.3 is 19.3 Å². The van der Waals surface area contributed by atoms with Gasteiger partial charge in [0.1, 0.15) is 24.7 Å². The van der Waals surface area contributed by atoms with E-state index in [1.54, 1.807) is 24.3 Å². The lowest BCUT2D eigenvalue weighted by Crippen LogP contribution is -2.05. The zero-order chi connectivity index (χ0) is 21.2. The van der Waals surface area contributed by atoms with Crippen molar-refractivity contribution in [1.82, 2.24) is 0 Å². The van der Waals surface area contributed by atoms with Crippen molar-refractivity contribution in [3.8, 4) is 11.5 Å². The number of ether oxygens (including phenoxy) is 3. The third kappa shape index (κ3) is 6.22. The van der Waals surface area contributed by atoms with Gasteiger partial charge >= 0.3 is 5.97 Å². The molecule has 0 radical (unpaired) electrons. The minimum Gasteiger partial charge on any atom is -0.489 e. The maximum absolute atomic E-state index is 11.5. The number of carbonyl (C=O) groups is 1. The van der Waals surface area contributed by atoms with Crippen LogP contribution < -0.4 is 9.47 Å². The quantitative estimate of drug-likeness (QED) is 0.532. The Bertz CT molecular complexity index is 961. The molecule has 0 heterocycles. The molecule has 30 heavy (non-hydrogen) atoms. The van der Waals surface area contributed by atoms with Gasteiger partial charge in [-0.15, -0.1) is 0 Å². The minimum atomic E-state index is -0.382. The first-order valence-electron chi connectivity index (χ1n) is 9.56. The van der Waals surface area contributed by atoms with E-state index in [9.17, 15) is 9.90 Å². The second-order valence-corrected chi connectivity index (χ2v) is 6.61. The highest BCUT2D eigenvalue weighted by atomic mass is 16.5. The van der Waals surface area contributed by atoms with E-state index in [1.165, 1.54) is 7.11 Å². The maximum Gasteiger partial charge on any atom is 0.337 e. The van der Waals surface area contributed by atoms with E-state index in [1.807, 2.05) is 60.7 Å². The Hall–Kier alpha value is -3.57. The summed E-state index contributed by atoms with van der Waals surface area (Å²) in [6.07, 6.45) is 1.83. The Morgan fingerprint density at radius 3 is 2.10 bits per heavy atom. The Balaban J connectivity index is 1.54. The van der Waals surface area contributed by atoms with Crippen LogP contribution in [-0.2, 0) is 11.3 Å². The van der Waals surface area contributed by atoms with Crippen molar-refractivity contribution in [2.45, 2.75) is 6.61 Å². The molecule has 0 amide bonds. The summed E-state index contributed by atoms with van der Waals surface area (Å²) in [5.41, 5.74) is 3.16. The molecule has 0 bridgehead atoms. The van der Waals surface area contributed by atoms with Gasteiger partial charge in [0.05, 0.1) is 19.3 Å². The van der Waals surface area contributed by atoms with Crippen molar-refractivity contribution < 1.29 is 24.1 Å². The van der Waals surface area contributed by atoms with Crippen molar-refractivity contribution in [3.05, 3.63) is 101 Å². The highest BCUT2D eigenvalue weighted by molar-refractivity contribution is 5.89. The van der Waals surface area contributed by atoms with E-state index in [-0.39, 0.29) is 19.2 Å². The molecule has 0 atom stereocenters. The van der Waals surface area contributed by atoms with Gasteiger partial charge in [-0.2, -0.15) is 0 Å². The average Bonchev–Trinajstić information content (AvgIpc) is 2.81. The molecule has 3 aromatic carbocycles. The molecule has 0 aromatic heterocycles. The van der Waals surface area contributed by atoms with E-state index < -0.39 is 0 Å². The number of aliphatic hydroxyl groups is 1. The highest BCUT2D eigenvalue weighted by Gasteiger charge is 2.05. The lowest BCUT2D eigenvalue weighted by atomic mass is 10.1. The molecule has 5 heteroatoms. The van der Waals surface area contributed by atoms with Crippen molar-refractivity contribution in [1.29, 1.82) is 0 Å². The summed E-state index contributed by atoms with van der Waals surface area (Å²) in [6.45, 7) is 0.629. The van der Waals surface area contributed by atoms with Crippen LogP contribution in [0.2, 0.25) is 0 Å². The van der Waals surface area contributed by atoms with E-state index >= 15 is 0 Å². The summed E-state index contributed by atoms with van der Waals surface area (Å²) in [6, 6.07) is 24.3. The van der Waals surface area contributed by atoms with Crippen molar-refractivity contribution in [2.75, 3.05) is 20.3 Å². The number of esters is 1. The minimum absolute atomic E-state index is 0.128. The molecule has 0 unspecified atom stereocenters. The summed E-state index contributed by atoms with van der Waals surface area (Å²) in [5.74, 6) is 1.06. The standard InChI is InChI=1S/C25H24O5/c1-28-25(27)22-9-7-19(8-10-22)15-21(16-26)18-30-24-13-11-23(12-14-24)29-17-20-5-3-2-4-6-20/h2-15,26H,16-18H2,1H3/b21-15+. The molecular formula is C25H24O5. The van der Waals surface area contributed by atoms with Gasteiger partial charge in [0, 0.05) is 0 Å². The highest BCUT2D eigenvalue weighted by Crippen LogP contribution is 2.20. The fourth-order valence-electron chi connectivity index (χ4n) is 2.75.